The number of rotatable bonds is 7. The number of fused-ring (bicyclic) bond motifs is 1. The molecule has 1 aliphatic heterocycles. The molecule has 0 saturated carbocycles. The van der Waals surface area contributed by atoms with Crippen LogP contribution in [-0.4, -0.2) is 32.8 Å². The average Bonchev–Trinajstić information content (AvgIpc) is 2.70. The van der Waals surface area contributed by atoms with E-state index in [2.05, 4.69) is 19.2 Å². The second-order valence-electron chi connectivity index (χ2n) is 6.66. The Hall–Kier alpha value is -2.89. The fourth-order valence-electron chi connectivity index (χ4n) is 2.92. The highest BCUT2D eigenvalue weighted by Gasteiger charge is 2.21. The number of amides is 1. The Kier molecular flexibility index (Phi) is 6.06. The molecule has 1 aliphatic rings. The summed E-state index contributed by atoms with van der Waals surface area (Å²) in [5, 5.41) is 3.05. The third-order valence-corrected chi connectivity index (χ3v) is 4.34. The number of carbonyl (C=O) groups excluding carboxylic acids is 1. The number of benzene rings is 2. The van der Waals surface area contributed by atoms with Gasteiger partial charge in [0, 0.05) is 0 Å². The molecule has 1 amide bonds. The summed E-state index contributed by atoms with van der Waals surface area (Å²) in [7, 11) is 1.60. The van der Waals surface area contributed by atoms with E-state index in [1.54, 1.807) is 31.4 Å². The third kappa shape index (κ3) is 4.84. The second-order valence-corrected chi connectivity index (χ2v) is 6.66. The maximum Gasteiger partial charge on any atom is 0.258 e. The average molecular weight is 371 g/mol. The van der Waals surface area contributed by atoms with Gasteiger partial charge in [0.15, 0.2) is 18.1 Å². The highest BCUT2D eigenvalue weighted by atomic mass is 16.6. The third-order valence-electron chi connectivity index (χ3n) is 4.34. The van der Waals surface area contributed by atoms with E-state index < -0.39 is 0 Å². The molecule has 1 N–H and O–H groups in total. The molecule has 3 rings (SSSR count). The van der Waals surface area contributed by atoms with Crippen LogP contribution in [0.3, 0.4) is 0 Å². The summed E-state index contributed by atoms with van der Waals surface area (Å²) in [6, 6.07) is 12.8. The summed E-state index contributed by atoms with van der Waals surface area (Å²) >= 11 is 0. The van der Waals surface area contributed by atoms with Gasteiger partial charge in [-0.1, -0.05) is 19.9 Å². The number of hydrogen-bond donors (Lipinski definition) is 1. The lowest BCUT2D eigenvalue weighted by Crippen LogP contribution is -2.35. The van der Waals surface area contributed by atoms with Crippen LogP contribution in [0.2, 0.25) is 0 Å². The molecule has 27 heavy (non-hydrogen) atoms. The Morgan fingerprint density at radius 3 is 2.37 bits per heavy atom. The van der Waals surface area contributed by atoms with Crippen molar-refractivity contribution in [2.24, 2.45) is 5.92 Å². The number of nitrogens with one attached hydrogen (secondary N) is 1. The van der Waals surface area contributed by atoms with Crippen molar-refractivity contribution >= 4 is 5.91 Å². The predicted octanol–water partition coefficient (Wildman–Crippen LogP) is 3.36. The number of hydrogen-bond acceptors (Lipinski definition) is 5. The molecule has 0 unspecified atom stereocenters. The molecule has 0 bridgehead atoms. The first-order chi connectivity index (χ1) is 13.1. The van der Waals surface area contributed by atoms with Crippen molar-refractivity contribution in [3.05, 3.63) is 48.0 Å². The van der Waals surface area contributed by atoms with Gasteiger partial charge in [-0.15, -0.1) is 0 Å². The largest absolute Gasteiger partial charge is 0.497 e. The molecule has 0 aromatic heterocycles. The molecule has 0 saturated heterocycles. The highest BCUT2D eigenvalue weighted by molar-refractivity contribution is 5.78. The monoisotopic (exact) mass is 371 g/mol. The summed E-state index contributed by atoms with van der Waals surface area (Å²) in [5.74, 6) is 2.84. The van der Waals surface area contributed by atoms with Crippen LogP contribution in [0.5, 0.6) is 23.0 Å². The van der Waals surface area contributed by atoms with Gasteiger partial charge in [-0.3, -0.25) is 4.79 Å². The minimum absolute atomic E-state index is 0.0555. The number of carbonyl (C=O) groups is 1. The van der Waals surface area contributed by atoms with Gasteiger partial charge in [-0.25, -0.2) is 0 Å². The van der Waals surface area contributed by atoms with Crippen molar-refractivity contribution in [1.29, 1.82) is 0 Å². The molecule has 6 heteroatoms. The first-order valence-electron chi connectivity index (χ1n) is 9.02. The zero-order valence-corrected chi connectivity index (χ0v) is 15.9. The van der Waals surface area contributed by atoms with Gasteiger partial charge in [0.25, 0.3) is 5.91 Å². The Morgan fingerprint density at radius 2 is 1.70 bits per heavy atom. The number of ether oxygens (including phenoxy) is 4. The van der Waals surface area contributed by atoms with Gasteiger partial charge in [0.1, 0.15) is 24.7 Å². The lowest BCUT2D eigenvalue weighted by Gasteiger charge is -2.25. The van der Waals surface area contributed by atoms with Crippen LogP contribution in [0.15, 0.2) is 42.5 Å². The maximum atomic E-state index is 12.4. The van der Waals surface area contributed by atoms with Crippen LogP contribution >= 0.6 is 0 Å². The van der Waals surface area contributed by atoms with Crippen molar-refractivity contribution < 1.29 is 23.7 Å². The van der Waals surface area contributed by atoms with Crippen molar-refractivity contribution in [1.82, 2.24) is 5.32 Å². The SMILES string of the molecule is COc1ccc(OCC(=O)N[C@H](c2ccc3c(c2)OCCO3)C(C)C)cc1. The molecule has 0 fully saturated rings. The van der Waals surface area contributed by atoms with E-state index in [9.17, 15) is 4.79 Å². The molecule has 144 valence electrons. The van der Waals surface area contributed by atoms with Gasteiger partial charge < -0.3 is 24.3 Å². The summed E-state index contributed by atoms with van der Waals surface area (Å²) in [4.78, 5) is 12.4. The van der Waals surface area contributed by atoms with Gasteiger partial charge in [-0.2, -0.15) is 0 Å². The summed E-state index contributed by atoms with van der Waals surface area (Å²) in [6.45, 7) is 5.16. The van der Waals surface area contributed by atoms with E-state index in [1.165, 1.54) is 0 Å². The van der Waals surface area contributed by atoms with E-state index in [0.717, 1.165) is 17.1 Å². The maximum absolute atomic E-state index is 12.4. The van der Waals surface area contributed by atoms with E-state index in [4.69, 9.17) is 18.9 Å². The van der Waals surface area contributed by atoms with Crippen molar-refractivity contribution in [3.8, 4) is 23.0 Å². The Bertz CT molecular complexity index is 773. The van der Waals surface area contributed by atoms with Gasteiger partial charge >= 0.3 is 0 Å². The first-order valence-corrected chi connectivity index (χ1v) is 9.02. The zero-order chi connectivity index (χ0) is 19.2. The summed E-state index contributed by atoms with van der Waals surface area (Å²) < 4.78 is 21.9. The Labute approximate surface area is 159 Å². The second kappa shape index (κ2) is 8.66. The molecule has 1 atom stereocenters. The molecule has 2 aromatic rings. The van der Waals surface area contributed by atoms with Crippen LogP contribution < -0.4 is 24.3 Å². The van der Waals surface area contributed by atoms with Crippen molar-refractivity contribution in [2.75, 3.05) is 26.9 Å². The summed E-state index contributed by atoms with van der Waals surface area (Å²) in [5.41, 5.74) is 0.979. The van der Waals surface area contributed by atoms with E-state index in [1.807, 2.05) is 18.2 Å². The van der Waals surface area contributed by atoms with Crippen molar-refractivity contribution in [2.45, 2.75) is 19.9 Å². The molecule has 0 aliphatic carbocycles. The van der Waals surface area contributed by atoms with Gasteiger partial charge in [0.2, 0.25) is 0 Å². The lowest BCUT2D eigenvalue weighted by molar-refractivity contribution is -0.124. The smallest absolute Gasteiger partial charge is 0.258 e. The highest BCUT2D eigenvalue weighted by Crippen LogP contribution is 2.34. The fourth-order valence-corrected chi connectivity index (χ4v) is 2.92. The van der Waals surface area contributed by atoms with Gasteiger partial charge in [0.05, 0.1) is 13.2 Å². The van der Waals surface area contributed by atoms with Crippen LogP contribution in [0.4, 0.5) is 0 Å². The topological polar surface area (TPSA) is 66.0 Å². The van der Waals surface area contributed by atoms with Gasteiger partial charge in [-0.05, 0) is 47.9 Å². The van der Waals surface area contributed by atoms with E-state index in [-0.39, 0.29) is 24.5 Å². The fraction of sp³-hybridized carbons (Fsp3) is 0.381. The van der Waals surface area contributed by atoms with E-state index in [0.29, 0.717) is 24.7 Å². The van der Waals surface area contributed by atoms with Crippen molar-refractivity contribution in [3.63, 3.8) is 0 Å². The summed E-state index contributed by atoms with van der Waals surface area (Å²) in [6.07, 6.45) is 0. The molecular formula is C21H25NO5. The van der Waals surface area contributed by atoms with Crippen LogP contribution in [0, 0.1) is 5.92 Å². The molecule has 0 spiro atoms. The molecule has 1 heterocycles. The normalized spacial score (nSPS) is 13.8. The van der Waals surface area contributed by atoms with Crippen LogP contribution in [0.1, 0.15) is 25.5 Å². The standard InChI is InChI=1S/C21H25NO5/c1-14(2)21(15-4-9-18-19(12-15)26-11-10-25-18)22-20(23)13-27-17-7-5-16(24-3)6-8-17/h4-9,12,14,21H,10-11,13H2,1-3H3,(H,22,23)/t21-/m0/s1. The minimum Gasteiger partial charge on any atom is -0.497 e. The van der Waals surface area contributed by atoms with Crippen LogP contribution in [0.25, 0.3) is 0 Å². The quantitative estimate of drug-likeness (QED) is 0.808. The number of methoxy groups -OCH3 is 1. The van der Waals surface area contributed by atoms with E-state index >= 15 is 0 Å². The molecule has 6 nitrogen and oxygen atoms in total. The Balaban J connectivity index is 1.62. The molecule has 2 aromatic carbocycles. The van der Waals surface area contributed by atoms with Crippen LogP contribution in [-0.2, 0) is 4.79 Å². The first kappa shape index (κ1) is 18.9. The predicted molar refractivity (Wildman–Crippen MR) is 102 cm³/mol. The lowest BCUT2D eigenvalue weighted by atomic mass is 9.95. The Morgan fingerprint density at radius 1 is 1.04 bits per heavy atom. The zero-order valence-electron chi connectivity index (χ0n) is 15.9. The molecular weight excluding hydrogens is 346 g/mol. The minimum atomic E-state index is -0.181. The molecule has 0 radical (unpaired) electrons.